The van der Waals surface area contributed by atoms with E-state index in [-0.39, 0.29) is 6.47 Å². The molecule has 5 N–H and O–H groups in total. The van der Waals surface area contributed by atoms with Crippen molar-refractivity contribution < 1.29 is 14.7 Å². The van der Waals surface area contributed by atoms with Crippen molar-refractivity contribution in [3.8, 4) is 0 Å². The van der Waals surface area contributed by atoms with Crippen molar-refractivity contribution in [3.05, 3.63) is 0 Å². The van der Waals surface area contributed by atoms with Gasteiger partial charge in [-0.25, -0.2) is 0 Å². The Morgan fingerprint density at radius 3 is 2.06 bits per heavy atom. The molecule has 6 nitrogen and oxygen atoms in total. The second kappa shape index (κ2) is 23.9. The third kappa shape index (κ3) is 11.8. The smallest absolute Gasteiger partial charge is 0.290 e. The zero-order chi connectivity index (χ0) is 38.2. The zero-order valence-electron chi connectivity index (χ0n) is 34.2. The topological polar surface area (TPSA) is 104 Å². The highest BCUT2D eigenvalue weighted by atomic mass is 127. The fourth-order valence-electron chi connectivity index (χ4n) is 12.2. The van der Waals surface area contributed by atoms with Crippen LogP contribution in [-0.2, 0) is 9.59 Å². The Labute approximate surface area is 332 Å². The Balaban J connectivity index is 0.000000597. The van der Waals surface area contributed by atoms with Crippen molar-refractivity contribution in [2.24, 2.45) is 75.7 Å². The molecule has 0 aliphatic heterocycles. The van der Waals surface area contributed by atoms with Gasteiger partial charge in [0, 0.05) is 18.0 Å². The molecule has 0 heterocycles. The number of carboxylic acid groups (broad SMARTS) is 1. The lowest BCUT2D eigenvalue weighted by molar-refractivity contribution is -0.122. The number of carbonyl (C=O) groups is 2. The number of hydrogen-bond acceptors (Lipinski definition) is 6. The quantitative estimate of drug-likeness (QED) is 0.0580. The Bertz CT molecular complexity index is 969. The van der Waals surface area contributed by atoms with Crippen molar-refractivity contribution in [1.29, 1.82) is 0 Å². The number of rotatable bonds is 12. The molecule has 6 aliphatic rings. The minimum Gasteiger partial charge on any atom is -0.483 e. The average molecular weight is 848 g/mol. The van der Waals surface area contributed by atoms with Gasteiger partial charge in [-0.1, -0.05) is 74.7 Å². The molecule has 300 valence electrons. The van der Waals surface area contributed by atoms with Gasteiger partial charge in [0.05, 0.1) is 0 Å². The van der Waals surface area contributed by atoms with Crippen molar-refractivity contribution >= 4 is 43.8 Å². The Kier molecular flexibility index (Phi) is 22.1. The molecule has 6 rings (SSSR count). The Morgan fingerprint density at radius 1 is 0.922 bits per heavy atom. The maximum absolute atomic E-state index is 9.79. The van der Waals surface area contributed by atoms with Crippen LogP contribution >= 0.6 is 31.0 Å². The van der Waals surface area contributed by atoms with E-state index in [0.717, 1.165) is 104 Å². The van der Waals surface area contributed by atoms with Gasteiger partial charge in [0.25, 0.3) is 6.47 Å². The van der Waals surface area contributed by atoms with Gasteiger partial charge >= 0.3 is 0 Å². The number of nitrogens with one attached hydrogen (secondary N) is 2. The van der Waals surface area contributed by atoms with Crippen molar-refractivity contribution in [1.82, 2.24) is 10.6 Å². The molecule has 0 spiro atoms. The predicted octanol–water partition coefficient (Wildman–Crippen LogP) is 10.6. The van der Waals surface area contributed by atoms with Crippen LogP contribution in [0.15, 0.2) is 0 Å². The molecule has 5 unspecified atom stereocenters. The summed E-state index contributed by atoms with van der Waals surface area (Å²) in [5.41, 5.74) is 6.92. The van der Waals surface area contributed by atoms with Gasteiger partial charge in [-0.2, -0.15) is 0 Å². The Morgan fingerprint density at radius 2 is 1.55 bits per heavy atom. The fourth-order valence-corrected chi connectivity index (χ4v) is 12.2. The molecule has 0 amide bonds. The lowest BCUT2D eigenvalue weighted by Gasteiger charge is -2.61. The number of halogens is 1. The van der Waals surface area contributed by atoms with Crippen LogP contribution in [0, 0.1) is 70.0 Å². The first-order valence-corrected chi connectivity index (χ1v) is 24.7. The van der Waals surface area contributed by atoms with Crippen LogP contribution in [-0.4, -0.2) is 49.6 Å². The van der Waals surface area contributed by atoms with Gasteiger partial charge in [-0.3, -0.25) is 4.79 Å². The van der Waals surface area contributed by atoms with Gasteiger partial charge < -0.3 is 26.3 Å². The third-order valence-corrected chi connectivity index (χ3v) is 15.4. The van der Waals surface area contributed by atoms with E-state index in [2.05, 4.69) is 62.0 Å². The summed E-state index contributed by atoms with van der Waals surface area (Å²) >= 11 is 1.84. The van der Waals surface area contributed by atoms with Crippen LogP contribution in [0.4, 0.5) is 0 Å². The van der Waals surface area contributed by atoms with Gasteiger partial charge in [0.2, 0.25) is 0 Å². The SMILES string of the molecule is CC.CC[C@H](C)CN[C@@H](C1CCC1)[C@@H](C)C1[C@@H](C)CC2[C@@H]3CCC4CC(NCCCN)CC[C@]4(C)C3CC[C@@]21C.O=CC1CCC1.O=CO.SI. The molecule has 12 atom stereocenters. The van der Waals surface area contributed by atoms with Crippen LogP contribution in [0.1, 0.15) is 158 Å². The summed E-state index contributed by atoms with van der Waals surface area (Å²) in [5, 5.41) is 15.0. The number of carbonyl (C=O) groups excluding carboxylic acids is 1. The molecule has 8 heteroatoms. The Hall–Kier alpha value is 0.100. The lowest BCUT2D eigenvalue weighted by Crippen LogP contribution is -2.56. The number of aldehydes is 1. The van der Waals surface area contributed by atoms with Crippen LogP contribution in [0.25, 0.3) is 0 Å². The second-order valence-corrected chi connectivity index (χ2v) is 17.9. The highest BCUT2D eigenvalue weighted by Gasteiger charge is 2.62. The van der Waals surface area contributed by atoms with Crippen molar-refractivity contribution in [3.63, 3.8) is 0 Å². The van der Waals surface area contributed by atoms with E-state index in [1.54, 1.807) is 0 Å². The van der Waals surface area contributed by atoms with Crippen LogP contribution < -0.4 is 16.4 Å². The summed E-state index contributed by atoms with van der Waals surface area (Å²) in [6.07, 6.45) is 23.3. The van der Waals surface area contributed by atoms with Crippen LogP contribution in [0.3, 0.4) is 0 Å². The van der Waals surface area contributed by atoms with E-state index < -0.39 is 0 Å². The van der Waals surface area contributed by atoms with Crippen LogP contribution in [0.5, 0.6) is 0 Å². The molecular formula is C43H82IN3O3S. The summed E-state index contributed by atoms with van der Waals surface area (Å²) in [4.78, 5) is 18.1. The molecule has 6 fully saturated rings. The highest BCUT2D eigenvalue weighted by molar-refractivity contribution is 14.2. The largest absolute Gasteiger partial charge is 0.483 e. The number of nitrogens with two attached hydrogens (primary N) is 1. The first-order chi connectivity index (χ1) is 24.6. The average Bonchev–Trinajstić information content (AvgIpc) is 3.37. The molecule has 0 aromatic carbocycles. The summed E-state index contributed by atoms with van der Waals surface area (Å²) < 4.78 is 0. The number of thiol groups is 1. The zero-order valence-corrected chi connectivity index (χ0v) is 37.2. The second-order valence-electron chi connectivity index (χ2n) is 17.9. The van der Waals surface area contributed by atoms with Gasteiger partial charge in [0.1, 0.15) is 6.29 Å². The maximum atomic E-state index is 9.79. The molecule has 51 heavy (non-hydrogen) atoms. The van der Waals surface area contributed by atoms with Gasteiger partial charge in [0.15, 0.2) is 0 Å². The standard InChI is InChI=1S/C35H65N3.C5H8O.C2H6.CH2O2.HIS/c1-7-23(2)22-38-33(26-10-8-11-26)25(4)32-24(3)20-31-29-13-12-27-21-28(37-19-9-18-36)14-16-34(27,5)30(29)15-17-35(31,32)6;6-4-5-2-1-3-5;1-2;2-1-3;1-2/h23-33,37-38H,7-22,36H2,1-6H3;4-5H,1-3H2;1-2H3;1H,(H,2,3);2H/t23-,24-,25-,27?,28?,29+,30?,31?,32?,33+,34-,35-;;;;/m0..../s1. The van der Waals surface area contributed by atoms with Gasteiger partial charge in [-0.05, 0) is 188 Å². The van der Waals surface area contributed by atoms with Crippen molar-refractivity contribution in [2.75, 3.05) is 19.6 Å². The number of fused-ring (bicyclic) bond motifs is 5. The predicted molar refractivity (Wildman–Crippen MR) is 229 cm³/mol. The normalized spacial score (nSPS) is 37.0. The van der Waals surface area contributed by atoms with E-state index in [4.69, 9.17) is 15.6 Å². The molecule has 0 radical (unpaired) electrons. The van der Waals surface area contributed by atoms with E-state index >= 15 is 0 Å². The minimum atomic E-state index is -0.250. The molecule has 6 saturated carbocycles. The molecule has 0 saturated heterocycles. The van der Waals surface area contributed by atoms with Gasteiger partial charge in [-0.15, -0.1) is 9.80 Å². The fraction of sp³-hybridized carbons (Fsp3) is 0.953. The summed E-state index contributed by atoms with van der Waals surface area (Å²) in [6, 6.07) is 1.49. The van der Waals surface area contributed by atoms with Crippen molar-refractivity contribution in [2.45, 2.75) is 170 Å². The first-order valence-electron chi connectivity index (χ1n) is 21.4. The number of hydrogen-bond donors (Lipinski definition) is 5. The van der Waals surface area contributed by atoms with Crippen LogP contribution in [0.2, 0.25) is 0 Å². The van der Waals surface area contributed by atoms with E-state index in [0.29, 0.717) is 16.7 Å². The molecule has 0 aromatic rings. The van der Waals surface area contributed by atoms with E-state index in [1.165, 1.54) is 90.0 Å². The summed E-state index contributed by atoms with van der Waals surface area (Å²) in [7, 11) is 3.50. The summed E-state index contributed by atoms with van der Waals surface area (Å²) in [5.74, 6) is 8.66. The lowest BCUT2D eigenvalue weighted by atomic mass is 9.44. The molecular weight excluding hydrogens is 765 g/mol. The first kappa shape index (κ1) is 47.3. The highest BCUT2D eigenvalue weighted by Crippen LogP contribution is 2.69. The molecule has 0 aromatic heterocycles. The molecule has 0 bridgehead atoms. The summed E-state index contributed by atoms with van der Waals surface area (Å²) in [6.45, 7) is 22.6. The minimum absolute atomic E-state index is 0.250. The maximum Gasteiger partial charge on any atom is 0.290 e. The molecule has 6 aliphatic carbocycles. The third-order valence-electron chi connectivity index (χ3n) is 15.4. The van der Waals surface area contributed by atoms with E-state index in [9.17, 15) is 4.79 Å². The van der Waals surface area contributed by atoms with E-state index in [1.807, 2.05) is 35.1 Å². The monoisotopic (exact) mass is 848 g/mol.